The Kier molecular flexibility index (Phi) is 5.77. The van der Waals surface area contributed by atoms with Crippen LogP contribution in [0.4, 0.5) is 0 Å². The molecule has 84 valence electrons. The van der Waals surface area contributed by atoms with Crippen LogP contribution >= 0.6 is 0 Å². The van der Waals surface area contributed by atoms with Gasteiger partial charge in [-0.15, -0.1) is 0 Å². The minimum absolute atomic E-state index is 0.533. The minimum Gasteiger partial charge on any atom is -0.481 e. The first kappa shape index (κ1) is 13.4. The molecular formula is C11H22O3. The van der Waals surface area contributed by atoms with Crippen molar-refractivity contribution >= 4 is 5.97 Å². The predicted octanol–water partition coefficient (Wildman–Crippen LogP) is 2.14. The topological polar surface area (TPSA) is 57.5 Å². The maximum absolute atomic E-state index is 10.6. The Balaban J connectivity index is 3.84. The summed E-state index contributed by atoms with van der Waals surface area (Å²) in [5.41, 5.74) is 0. The smallest absolute Gasteiger partial charge is 0.308 e. The molecule has 0 heterocycles. The summed E-state index contributed by atoms with van der Waals surface area (Å²) in [6.45, 7) is 7.95. The van der Waals surface area contributed by atoms with E-state index in [-0.39, 0.29) is 0 Å². The molecule has 0 aliphatic carbocycles. The van der Waals surface area contributed by atoms with Gasteiger partial charge in [0.15, 0.2) is 0 Å². The lowest BCUT2D eigenvalue weighted by molar-refractivity contribution is -0.145. The second-order valence-corrected chi connectivity index (χ2v) is 4.49. The molecule has 0 bridgehead atoms. The monoisotopic (exact) mass is 202 g/mol. The molecule has 1 unspecified atom stereocenters. The van der Waals surface area contributed by atoms with Gasteiger partial charge >= 0.3 is 5.97 Å². The van der Waals surface area contributed by atoms with Crippen LogP contribution in [0, 0.1) is 17.8 Å². The Morgan fingerprint density at radius 1 is 1.14 bits per heavy atom. The van der Waals surface area contributed by atoms with E-state index in [0.717, 1.165) is 6.42 Å². The van der Waals surface area contributed by atoms with Crippen molar-refractivity contribution in [3.05, 3.63) is 0 Å². The summed E-state index contributed by atoms with van der Waals surface area (Å²) in [7, 11) is 0. The molecule has 3 heteroatoms. The Morgan fingerprint density at radius 3 is 2.00 bits per heavy atom. The van der Waals surface area contributed by atoms with Gasteiger partial charge < -0.3 is 10.2 Å². The predicted molar refractivity (Wildman–Crippen MR) is 56.0 cm³/mol. The van der Waals surface area contributed by atoms with Crippen molar-refractivity contribution in [2.45, 2.75) is 46.6 Å². The van der Waals surface area contributed by atoms with Crippen LogP contribution in [0.15, 0.2) is 0 Å². The number of aliphatic hydroxyl groups excluding tert-OH is 1. The van der Waals surface area contributed by atoms with Crippen LogP contribution in [0.1, 0.15) is 40.5 Å². The lowest BCUT2D eigenvalue weighted by atomic mass is 9.89. The highest BCUT2D eigenvalue weighted by molar-refractivity contribution is 5.70. The van der Waals surface area contributed by atoms with Gasteiger partial charge in [-0.05, 0) is 31.6 Å². The number of carbonyl (C=O) groups is 1. The largest absolute Gasteiger partial charge is 0.481 e. The zero-order valence-corrected chi connectivity index (χ0v) is 9.53. The summed E-state index contributed by atoms with van der Waals surface area (Å²) in [4.78, 5) is 10.6. The minimum atomic E-state index is -0.922. The average molecular weight is 202 g/mol. The Morgan fingerprint density at radius 2 is 1.64 bits per heavy atom. The molecule has 0 amide bonds. The van der Waals surface area contributed by atoms with Crippen LogP contribution in [-0.2, 0) is 4.79 Å². The van der Waals surface area contributed by atoms with Gasteiger partial charge in [0.2, 0.25) is 0 Å². The van der Waals surface area contributed by atoms with Gasteiger partial charge in [0, 0.05) is 0 Å². The normalized spacial score (nSPS) is 17.9. The average Bonchev–Trinajstić information content (AvgIpc) is 2.11. The number of hydrogen-bond donors (Lipinski definition) is 2. The molecule has 0 aromatic carbocycles. The van der Waals surface area contributed by atoms with Gasteiger partial charge in [0.1, 0.15) is 0 Å². The van der Waals surface area contributed by atoms with Crippen LogP contribution in [0.25, 0.3) is 0 Å². The molecule has 0 aromatic rings. The van der Waals surface area contributed by atoms with E-state index >= 15 is 0 Å². The molecule has 0 rings (SSSR count). The maximum atomic E-state index is 10.6. The Hall–Kier alpha value is -0.570. The van der Waals surface area contributed by atoms with Crippen LogP contribution < -0.4 is 0 Å². The van der Waals surface area contributed by atoms with Crippen molar-refractivity contribution in [3.8, 4) is 0 Å². The molecule has 3 atom stereocenters. The first-order valence-corrected chi connectivity index (χ1v) is 5.27. The van der Waals surface area contributed by atoms with E-state index in [1.807, 2.05) is 0 Å². The fraction of sp³-hybridized carbons (Fsp3) is 0.909. The standard InChI is InChI=1S/C11H22O3/c1-7(2)8(3)5-6-10(12)9(4)11(13)14/h7-10,12H,5-6H2,1-4H3,(H,13,14)/t8?,9-,10-/m1/s1. The van der Waals surface area contributed by atoms with E-state index in [0.29, 0.717) is 18.3 Å². The molecule has 0 aromatic heterocycles. The van der Waals surface area contributed by atoms with Gasteiger partial charge in [-0.25, -0.2) is 0 Å². The lowest BCUT2D eigenvalue weighted by Gasteiger charge is -2.19. The van der Waals surface area contributed by atoms with Crippen molar-refractivity contribution in [3.63, 3.8) is 0 Å². The molecule has 0 aliphatic rings. The van der Waals surface area contributed by atoms with E-state index in [9.17, 15) is 9.90 Å². The van der Waals surface area contributed by atoms with Crippen molar-refractivity contribution in [2.75, 3.05) is 0 Å². The van der Waals surface area contributed by atoms with E-state index in [1.54, 1.807) is 6.92 Å². The number of carboxylic acid groups (broad SMARTS) is 1. The fourth-order valence-electron chi connectivity index (χ4n) is 1.18. The van der Waals surface area contributed by atoms with Gasteiger partial charge in [-0.3, -0.25) is 4.79 Å². The third-order valence-electron chi connectivity index (χ3n) is 3.02. The Bertz CT molecular complexity index is 177. The summed E-state index contributed by atoms with van der Waals surface area (Å²) >= 11 is 0. The number of aliphatic carboxylic acids is 1. The number of rotatable bonds is 6. The van der Waals surface area contributed by atoms with Crippen molar-refractivity contribution < 1.29 is 15.0 Å². The van der Waals surface area contributed by atoms with E-state index in [1.165, 1.54) is 0 Å². The van der Waals surface area contributed by atoms with E-state index in [4.69, 9.17) is 5.11 Å². The van der Waals surface area contributed by atoms with Crippen LogP contribution in [0.2, 0.25) is 0 Å². The highest BCUT2D eigenvalue weighted by Gasteiger charge is 2.21. The first-order chi connectivity index (χ1) is 6.36. The molecule has 3 nitrogen and oxygen atoms in total. The summed E-state index contributed by atoms with van der Waals surface area (Å²) in [6.07, 6.45) is 0.747. The number of hydrogen-bond acceptors (Lipinski definition) is 2. The van der Waals surface area contributed by atoms with Gasteiger partial charge in [-0.1, -0.05) is 20.8 Å². The zero-order chi connectivity index (χ0) is 11.3. The SMILES string of the molecule is CC(C)C(C)CC[C@@H](O)[C@@H](C)C(=O)O. The molecule has 14 heavy (non-hydrogen) atoms. The molecule has 0 saturated heterocycles. The maximum Gasteiger partial charge on any atom is 0.308 e. The van der Waals surface area contributed by atoms with E-state index in [2.05, 4.69) is 20.8 Å². The summed E-state index contributed by atoms with van der Waals surface area (Å²) in [5.74, 6) is -0.461. The van der Waals surface area contributed by atoms with Gasteiger partial charge in [0.05, 0.1) is 12.0 Å². The number of aliphatic hydroxyl groups is 1. The molecule has 0 saturated carbocycles. The summed E-state index contributed by atoms with van der Waals surface area (Å²) in [5, 5.41) is 18.2. The molecule has 2 N–H and O–H groups in total. The lowest BCUT2D eigenvalue weighted by Crippen LogP contribution is -2.26. The first-order valence-electron chi connectivity index (χ1n) is 5.27. The highest BCUT2D eigenvalue weighted by atomic mass is 16.4. The van der Waals surface area contributed by atoms with Crippen LogP contribution in [0.5, 0.6) is 0 Å². The van der Waals surface area contributed by atoms with Crippen molar-refractivity contribution in [1.29, 1.82) is 0 Å². The molecule has 0 fully saturated rings. The van der Waals surface area contributed by atoms with Crippen molar-refractivity contribution in [2.24, 2.45) is 17.8 Å². The van der Waals surface area contributed by atoms with Crippen LogP contribution in [-0.4, -0.2) is 22.3 Å². The molecule has 0 aliphatic heterocycles. The molecular weight excluding hydrogens is 180 g/mol. The van der Waals surface area contributed by atoms with Crippen molar-refractivity contribution in [1.82, 2.24) is 0 Å². The number of carboxylic acids is 1. The molecule has 0 radical (unpaired) electrons. The second kappa shape index (κ2) is 6.02. The Labute approximate surface area is 86.1 Å². The van der Waals surface area contributed by atoms with E-state index < -0.39 is 18.0 Å². The fourth-order valence-corrected chi connectivity index (χ4v) is 1.18. The quantitative estimate of drug-likeness (QED) is 0.693. The van der Waals surface area contributed by atoms with Gasteiger partial charge in [0.25, 0.3) is 0 Å². The third kappa shape index (κ3) is 4.61. The summed E-state index contributed by atoms with van der Waals surface area (Å²) < 4.78 is 0. The second-order valence-electron chi connectivity index (χ2n) is 4.49. The highest BCUT2D eigenvalue weighted by Crippen LogP contribution is 2.19. The van der Waals surface area contributed by atoms with Gasteiger partial charge in [-0.2, -0.15) is 0 Å². The zero-order valence-electron chi connectivity index (χ0n) is 9.53. The molecule has 0 spiro atoms. The third-order valence-corrected chi connectivity index (χ3v) is 3.02. The van der Waals surface area contributed by atoms with Crippen LogP contribution in [0.3, 0.4) is 0 Å². The summed E-state index contributed by atoms with van der Waals surface area (Å²) in [6, 6.07) is 0.